The average Bonchev–Trinajstić information content (AvgIpc) is 2.86. The molecule has 0 aromatic heterocycles. The van der Waals surface area contributed by atoms with Crippen molar-refractivity contribution >= 4 is 0 Å². The van der Waals surface area contributed by atoms with Gasteiger partial charge in [-0.25, -0.2) is 0 Å². The van der Waals surface area contributed by atoms with Crippen LogP contribution in [-0.2, 0) is 0 Å². The Hall–Kier alpha value is -0.300. The van der Waals surface area contributed by atoms with Gasteiger partial charge in [0, 0.05) is 6.04 Å². The number of nitrogens with one attached hydrogen (secondary N) is 1. The summed E-state index contributed by atoms with van der Waals surface area (Å²) in [7, 11) is 0. The minimum absolute atomic E-state index is 0.803. The number of rotatable bonds is 3. The molecule has 0 heterocycles. The smallest absolute Gasteiger partial charge is 0.00722 e. The Morgan fingerprint density at radius 1 is 0.941 bits per heavy atom. The van der Waals surface area contributed by atoms with Crippen LogP contribution in [0.1, 0.15) is 46.0 Å². The Kier molecular flexibility index (Phi) is 3.30. The predicted octanol–water partition coefficient (Wildman–Crippen LogP) is 3.61. The van der Waals surface area contributed by atoms with E-state index in [0.29, 0.717) is 0 Å². The van der Waals surface area contributed by atoms with E-state index in [4.69, 9.17) is 0 Å². The Morgan fingerprint density at radius 3 is 2.29 bits per heavy atom. The standard InChI is InChI=1S/C16H27N/c1-11-5-12(2)7-16(6-11)17-10-15-9-13-3-4-14(15)8-13/h3-4,11-17H,5-10H2,1-2H3. The van der Waals surface area contributed by atoms with Gasteiger partial charge in [0.1, 0.15) is 0 Å². The van der Waals surface area contributed by atoms with Crippen molar-refractivity contribution in [3.05, 3.63) is 12.2 Å². The number of hydrogen-bond donors (Lipinski definition) is 1. The van der Waals surface area contributed by atoms with Gasteiger partial charge in [-0.05, 0) is 68.2 Å². The van der Waals surface area contributed by atoms with Crippen molar-refractivity contribution in [1.82, 2.24) is 5.32 Å². The van der Waals surface area contributed by atoms with Crippen molar-refractivity contribution in [3.8, 4) is 0 Å². The number of hydrogen-bond acceptors (Lipinski definition) is 1. The highest BCUT2D eigenvalue weighted by Crippen LogP contribution is 2.43. The Labute approximate surface area is 106 Å². The first-order valence-electron chi connectivity index (χ1n) is 7.62. The molecule has 2 fully saturated rings. The molecule has 17 heavy (non-hydrogen) atoms. The van der Waals surface area contributed by atoms with E-state index in [2.05, 4.69) is 31.3 Å². The van der Waals surface area contributed by atoms with E-state index in [-0.39, 0.29) is 0 Å². The molecule has 5 atom stereocenters. The maximum atomic E-state index is 3.88. The van der Waals surface area contributed by atoms with E-state index in [1.54, 1.807) is 0 Å². The Balaban J connectivity index is 1.46. The summed E-state index contributed by atoms with van der Waals surface area (Å²) in [6.07, 6.45) is 12.1. The van der Waals surface area contributed by atoms with E-state index in [0.717, 1.165) is 35.6 Å². The fraction of sp³-hybridized carbons (Fsp3) is 0.875. The van der Waals surface area contributed by atoms with E-state index in [1.165, 1.54) is 38.6 Å². The molecule has 0 aromatic rings. The summed E-state index contributed by atoms with van der Waals surface area (Å²) >= 11 is 0. The van der Waals surface area contributed by atoms with Crippen LogP contribution in [0.15, 0.2) is 12.2 Å². The lowest BCUT2D eigenvalue weighted by Gasteiger charge is -2.33. The van der Waals surface area contributed by atoms with E-state index < -0.39 is 0 Å². The second-order valence-corrected chi connectivity index (χ2v) is 7.06. The SMILES string of the molecule is CC1CC(C)CC(NCC2CC3C=CC2C3)C1. The van der Waals surface area contributed by atoms with E-state index in [9.17, 15) is 0 Å². The lowest BCUT2D eigenvalue weighted by atomic mass is 9.80. The molecule has 5 unspecified atom stereocenters. The number of fused-ring (bicyclic) bond motifs is 2. The maximum absolute atomic E-state index is 3.88. The van der Waals surface area contributed by atoms with Crippen LogP contribution < -0.4 is 5.32 Å². The Bertz CT molecular complexity index is 286. The third-order valence-corrected chi connectivity index (χ3v) is 5.26. The largest absolute Gasteiger partial charge is 0.314 e. The molecule has 1 heteroatoms. The molecule has 0 spiro atoms. The lowest BCUT2D eigenvalue weighted by Crippen LogP contribution is -2.39. The molecule has 1 N–H and O–H groups in total. The highest BCUT2D eigenvalue weighted by Gasteiger charge is 2.35. The van der Waals surface area contributed by atoms with Crippen molar-refractivity contribution in [3.63, 3.8) is 0 Å². The summed E-state index contributed by atoms with van der Waals surface area (Å²) in [5.41, 5.74) is 0. The predicted molar refractivity (Wildman–Crippen MR) is 72.8 cm³/mol. The van der Waals surface area contributed by atoms with Gasteiger partial charge in [-0.2, -0.15) is 0 Å². The topological polar surface area (TPSA) is 12.0 Å². The van der Waals surface area contributed by atoms with Gasteiger partial charge in [-0.1, -0.05) is 26.0 Å². The summed E-state index contributed by atoms with van der Waals surface area (Å²) in [6, 6.07) is 0.803. The molecule has 2 bridgehead atoms. The second-order valence-electron chi connectivity index (χ2n) is 7.06. The monoisotopic (exact) mass is 233 g/mol. The maximum Gasteiger partial charge on any atom is 0.00722 e. The second kappa shape index (κ2) is 4.76. The fourth-order valence-electron chi connectivity index (χ4n) is 4.56. The molecule has 0 saturated heterocycles. The average molecular weight is 233 g/mol. The summed E-state index contributed by atoms with van der Waals surface area (Å²) in [6.45, 7) is 6.12. The molecule has 96 valence electrons. The highest BCUT2D eigenvalue weighted by atomic mass is 14.9. The third-order valence-electron chi connectivity index (χ3n) is 5.26. The molecule has 0 amide bonds. The summed E-state index contributed by atoms with van der Waals surface area (Å²) in [5.74, 6) is 4.63. The molecule has 0 aromatic carbocycles. The summed E-state index contributed by atoms with van der Waals surface area (Å²) in [5, 5.41) is 3.88. The van der Waals surface area contributed by atoms with Crippen molar-refractivity contribution < 1.29 is 0 Å². The molecule has 0 aliphatic heterocycles. The van der Waals surface area contributed by atoms with Crippen LogP contribution in [0.2, 0.25) is 0 Å². The first kappa shape index (κ1) is 11.8. The first-order valence-corrected chi connectivity index (χ1v) is 7.62. The van der Waals surface area contributed by atoms with Crippen LogP contribution in [0.25, 0.3) is 0 Å². The minimum Gasteiger partial charge on any atom is -0.314 e. The quantitative estimate of drug-likeness (QED) is 0.734. The normalized spacial score (nSPS) is 48.8. The van der Waals surface area contributed by atoms with Gasteiger partial charge < -0.3 is 5.32 Å². The minimum atomic E-state index is 0.803. The van der Waals surface area contributed by atoms with Gasteiger partial charge in [0.25, 0.3) is 0 Å². The highest BCUT2D eigenvalue weighted by molar-refractivity contribution is 5.10. The van der Waals surface area contributed by atoms with Crippen molar-refractivity contribution in [1.29, 1.82) is 0 Å². The zero-order valence-corrected chi connectivity index (χ0v) is 11.4. The van der Waals surface area contributed by atoms with Gasteiger partial charge in [-0.15, -0.1) is 0 Å². The van der Waals surface area contributed by atoms with Crippen molar-refractivity contribution in [2.24, 2.45) is 29.6 Å². The zero-order valence-electron chi connectivity index (χ0n) is 11.4. The number of allylic oxidation sites excluding steroid dienone is 2. The molecular formula is C16H27N. The molecule has 0 radical (unpaired) electrons. The molecule has 1 nitrogen and oxygen atoms in total. The summed E-state index contributed by atoms with van der Waals surface area (Å²) in [4.78, 5) is 0. The van der Waals surface area contributed by atoms with Crippen LogP contribution in [0.3, 0.4) is 0 Å². The molecule has 3 aliphatic rings. The molecule has 2 saturated carbocycles. The van der Waals surface area contributed by atoms with Gasteiger partial charge in [0.2, 0.25) is 0 Å². The molecule has 3 rings (SSSR count). The van der Waals surface area contributed by atoms with E-state index >= 15 is 0 Å². The van der Waals surface area contributed by atoms with Crippen LogP contribution in [-0.4, -0.2) is 12.6 Å². The Morgan fingerprint density at radius 2 is 1.71 bits per heavy atom. The van der Waals surface area contributed by atoms with Gasteiger partial charge in [0.15, 0.2) is 0 Å². The molecular weight excluding hydrogens is 206 g/mol. The first-order chi connectivity index (χ1) is 8.20. The fourth-order valence-corrected chi connectivity index (χ4v) is 4.56. The van der Waals surface area contributed by atoms with Gasteiger partial charge in [0.05, 0.1) is 0 Å². The van der Waals surface area contributed by atoms with Crippen LogP contribution in [0.5, 0.6) is 0 Å². The third kappa shape index (κ3) is 2.59. The van der Waals surface area contributed by atoms with Crippen molar-refractivity contribution in [2.75, 3.05) is 6.54 Å². The van der Waals surface area contributed by atoms with E-state index in [1.807, 2.05) is 0 Å². The molecule has 3 aliphatic carbocycles. The van der Waals surface area contributed by atoms with Crippen LogP contribution in [0.4, 0.5) is 0 Å². The van der Waals surface area contributed by atoms with Crippen molar-refractivity contribution in [2.45, 2.75) is 52.0 Å². The zero-order chi connectivity index (χ0) is 11.8. The van der Waals surface area contributed by atoms with Crippen LogP contribution in [0, 0.1) is 29.6 Å². The van der Waals surface area contributed by atoms with Gasteiger partial charge >= 0.3 is 0 Å². The van der Waals surface area contributed by atoms with Gasteiger partial charge in [-0.3, -0.25) is 0 Å². The van der Waals surface area contributed by atoms with Crippen LogP contribution >= 0.6 is 0 Å². The summed E-state index contributed by atoms with van der Waals surface area (Å²) < 4.78 is 0. The lowest BCUT2D eigenvalue weighted by molar-refractivity contribution is 0.228.